The van der Waals surface area contributed by atoms with Crippen molar-refractivity contribution in [1.82, 2.24) is 19.7 Å². The van der Waals surface area contributed by atoms with Gasteiger partial charge in [0.25, 0.3) is 0 Å². The summed E-state index contributed by atoms with van der Waals surface area (Å²) in [6.45, 7) is 3.41. The molecule has 0 radical (unpaired) electrons. The number of hydrogen-bond acceptors (Lipinski definition) is 4. The molecule has 0 aliphatic carbocycles. The minimum atomic E-state index is 0.634. The molecule has 0 unspecified atom stereocenters. The number of nitrogens with zero attached hydrogens (tertiary/aromatic N) is 4. The molecule has 0 fully saturated rings. The van der Waals surface area contributed by atoms with Crippen LogP contribution >= 0.6 is 0 Å². The van der Waals surface area contributed by atoms with Crippen molar-refractivity contribution in [2.45, 2.75) is 19.9 Å². The minimum absolute atomic E-state index is 0.634. The first-order valence-corrected chi connectivity index (χ1v) is 5.01. The summed E-state index contributed by atoms with van der Waals surface area (Å²) < 4.78 is 6.84. The van der Waals surface area contributed by atoms with Gasteiger partial charge in [-0.1, -0.05) is 6.92 Å². The van der Waals surface area contributed by atoms with Crippen LogP contribution in [0.15, 0.2) is 12.4 Å². The van der Waals surface area contributed by atoms with E-state index < -0.39 is 0 Å². The second kappa shape index (κ2) is 4.35. The molecule has 0 bridgehead atoms. The van der Waals surface area contributed by atoms with E-state index in [1.165, 1.54) is 0 Å². The fourth-order valence-electron chi connectivity index (χ4n) is 1.40. The number of aryl methyl sites for hydroxylation is 1. The van der Waals surface area contributed by atoms with Crippen molar-refractivity contribution in [3.63, 3.8) is 0 Å². The van der Waals surface area contributed by atoms with Crippen LogP contribution in [0.5, 0.6) is 0 Å². The third-order valence-electron chi connectivity index (χ3n) is 2.26. The van der Waals surface area contributed by atoms with Crippen LogP contribution in [0.25, 0.3) is 11.2 Å². The van der Waals surface area contributed by atoms with Crippen LogP contribution < -0.4 is 0 Å². The molecule has 0 aromatic carbocycles. The highest BCUT2D eigenvalue weighted by molar-refractivity contribution is 5.69. The Hall–Kier alpha value is -1.49. The molecule has 5 nitrogen and oxygen atoms in total. The fourth-order valence-corrected chi connectivity index (χ4v) is 1.40. The largest absolute Gasteiger partial charge is 0.383 e. The Kier molecular flexibility index (Phi) is 2.91. The summed E-state index contributed by atoms with van der Waals surface area (Å²) >= 11 is 0. The van der Waals surface area contributed by atoms with Crippen LogP contribution in [0.2, 0.25) is 0 Å². The molecule has 0 aliphatic rings. The molecule has 0 atom stereocenters. The summed E-state index contributed by atoms with van der Waals surface area (Å²) in [7, 11) is 1.68. The lowest BCUT2D eigenvalue weighted by Gasteiger charge is -2.02. The smallest absolute Gasteiger partial charge is 0.177 e. The number of rotatable bonds is 4. The standard InChI is InChI=1S/C10H14N4O/c1-3-8-6-11-9-7-12-14(4-5-15-2)10(9)13-8/h6-7H,3-5H2,1-2H3. The van der Waals surface area contributed by atoms with Crippen molar-refractivity contribution in [3.8, 4) is 0 Å². The Labute approximate surface area is 88.1 Å². The molecule has 5 heteroatoms. The predicted octanol–water partition coefficient (Wildman–Crippen LogP) is 1.04. The highest BCUT2D eigenvalue weighted by Crippen LogP contribution is 2.08. The first-order chi connectivity index (χ1) is 7.35. The lowest BCUT2D eigenvalue weighted by atomic mass is 10.3. The summed E-state index contributed by atoms with van der Waals surface area (Å²) in [6.07, 6.45) is 4.42. The highest BCUT2D eigenvalue weighted by atomic mass is 16.5. The minimum Gasteiger partial charge on any atom is -0.383 e. The first kappa shape index (κ1) is 10.0. The monoisotopic (exact) mass is 206 g/mol. The molecule has 2 rings (SSSR count). The second-order valence-electron chi connectivity index (χ2n) is 3.28. The number of aromatic nitrogens is 4. The Morgan fingerprint density at radius 1 is 1.40 bits per heavy atom. The molecule has 0 N–H and O–H groups in total. The Morgan fingerprint density at radius 2 is 2.27 bits per heavy atom. The third-order valence-corrected chi connectivity index (χ3v) is 2.26. The van der Waals surface area contributed by atoms with Gasteiger partial charge in [0, 0.05) is 13.3 Å². The Bertz CT molecular complexity index is 452. The Balaban J connectivity index is 2.38. The van der Waals surface area contributed by atoms with E-state index in [0.717, 1.165) is 23.3 Å². The van der Waals surface area contributed by atoms with E-state index >= 15 is 0 Å². The van der Waals surface area contributed by atoms with Crippen LogP contribution in [0.3, 0.4) is 0 Å². The first-order valence-electron chi connectivity index (χ1n) is 5.01. The van der Waals surface area contributed by atoms with Gasteiger partial charge < -0.3 is 4.74 Å². The highest BCUT2D eigenvalue weighted by Gasteiger charge is 2.05. The van der Waals surface area contributed by atoms with Crippen molar-refractivity contribution in [2.75, 3.05) is 13.7 Å². The maximum Gasteiger partial charge on any atom is 0.177 e. The van der Waals surface area contributed by atoms with Gasteiger partial charge in [0.1, 0.15) is 5.52 Å². The zero-order valence-corrected chi connectivity index (χ0v) is 8.97. The van der Waals surface area contributed by atoms with Crippen molar-refractivity contribution in [1.29, 1.82) is 0 Å². The zero-order valence-electron chi connectivity index (χ0n) is 8.97. The Morgan fingerprint density at radius 3 is 3.00 bits per heavy atom. The van der Waals surface area contributed by atoms with E-state index in [-0.39, 0.29) is 0 Å². The SMILES string of the molecule is CCc1cnc2cnn(CCOC)c2n1. The van der Waals surface area contributed by atoms with Gasteiger partial charge in [0.05, 0.1) is 25.0 Å². The quantitative estimate of drug-likeness (QED) is 0.750. The third kappa shape index (κ3) is 1.97. The molecule has 2 heterocycles. The van der Waals surface area contributed by atoms with Gasteiger partial charge in [-0.3, -0.25) is 0 Å². The molecule has 0 spiro atoms. The van der Waals surface area contributed by atoms with Crippen molar-refractivity contribution in [2.24, 2.45) is 0 Å². The average Bonchev–Trinajstić information content (AvgIpc) is 2.68. The summed E-state index contributed by atoms with van der Waals surface area (Å²) in [5, 5.41) is 4.22. The van der Waals surface area contributed by atoms with E-state index in [2.05, 4.69) is 22.0 Å². The van der Waals surface area contributed by atoms with E-state index in [1.54, 1.807) is 19.5 Å². The number of fused-ring (bicyclic) bond motifs is 1. The summed E-state index contributed by atoms with van der Waals surface area (Å²) in [6, 6.07) is 0. The molecule has 0 saturated carbocycles. The number of hydrogen-bond donors (Lipinski definition) is 0. The zero-order chi connectivity index (χ0) is 10.7. The van der Waals surface area contributed by atoms with E-state index in [4.69, 9.17) is 4.74 Å². The number of ether oxygens (including phenoxy) is 1. The van der Waals surface area contributed by atoms with Gasteiger partial charge in [0.15, 0.2) is 5.65 Å². The fraction of sp³-hybridized carbons (Fsp3) is 0.500. The maximum atomic E-state index is 5.01. The van der Waals surface area contributed by atoms with Crippen LogP contribution in [-0.2, 0) is 17.7 Å². The molecule has 0 amide bonds. The van der Waals surface area contributed by atoms with Gasteiger partial charge in [-0.15, -0.1) is 0 Å². The van der Waals surface area contributed by atoms with Crippen molar-refractivity contribution in [3.05, 3.63) is 18.1 Å². The second-order valence-corrected chi connectivity index (χ2v) is 3.28. The van der Waals surface area contributed by atoms with E-state index in [1.807, 2.05) is 4.68 Å². The molecule has 2 aromatic rings. The van der Waals surface area contributed by atoms with Gasteiger partial charge in [0.2, 0.25) is 0 Å². The molecule has 80 valence electrons. The van der Waals surface area contributed by atoms with Crippen molar-refractivity contribution < 1.29 is 4.74 Å². The van der Waals surface area contributed by atoms with Crippen LogP contribution in [-0.4, -0.2) is 33.5 Å². The molecule has 15 heavy (non-hydrogen) atoms. The summed E-state index contributed by atoms with van der Waals surface area (Å²) in [5.74, 6) is 0. The van der Waals surface area contributed by atoms with E-state index in [9.17, 15) is 0 Å². The van der Waals surface area contributed by atoms with E-state index in [0.29, 0.717) is 13.2 Å². The van der Waals surface area contributed by atoms with Gasteiger partial charge >= 0.3 is 0 Å². The molecular weight excluding hydrogens is 192 g/mol. The van der Waals surface area contributed by atoms with Crippen LogP contribution in [0, 0.1) is 0 Å². The molecular formula is C10H14N4O. The molecule has 0 aliphatic heterocycles. The lowest BCUT2D eigenvalue weighted by molar-refractivity contribution is 0.184. The molecule has 0 saturated heterocycles. The predicted molar refractivity (Wildman–Crippen MR) is 56.6 cm³/mol. The topological polar surface area (TPSA) is 52.8 Å². The maximum absolute atomic E-state index is 5.01. The summed E-state index contributed by atoms with van der Waals surface area (Å²) in [4.78, 5) is 8.78. The van der Waals surface area contributed by atoms with Gasteiger partial charge in [-0.25, -0.2) is 14.6 Å². The van der Waals surface area contributed by atoms with Crippen LogP contribution in [0.1, 0.15) is 12.6 Å². The lowest BCUT2D eigenvalue weighted by Crippen LogP contribution is -2.07. The van der Waals surface area contributed by atoms with Gasteiger partial charge in [-0.05, 0) is 6.42 Å². The number of methoxy groups -OCH3 is 1. The van der Waals surface area contributed by atoms with Crippen LogP contribution in [0.4, 0.5) is 0 Å². The average molecular weight is 206 g/mol. The summed E-state index contributed by atoms with van der Waals surface area (Å²) in [5.41, 5.74) is 2.66. The van der Waals surface area contributed by atoms with Crippen molar-refractivity contribution >= 4 is 11.2 Å². The van der Waals surface area contributed by atoms with Gasteiger partial charge in [-0.2, -0.15) is 5.10 Å². The normalized spacial score (nSPS) is 11.1. The molecule has 2 aromatic heterocycles.